The third-order valence-corrected chi connectivity index (χ3v) is 6.00. The van der Waals surface area contributed by atoms with Gasteiger partial charge in [0.2, 0.25) is 0 Å². The maximum Gasteiger partial charge on any atom is 0.338 e. The molecule has 3 atom stereocenters. The smallest absolute Gasteiger partial charge is 0.338 e. The number of alkyl halides is 1. The summed E-state index contributed by atoms with van der Waals surface area (Å²) in [7, 11) is 1.65. The van der Waals surface area contributed by atoms with Crippen LogP contribution >= 0.6 is 22.6 Å². The van der Waals surface area contributed by atoms with Crippen molar-refractivity contribution in [2.45, 2.75) is 57.4 Å². The Morgan fingerprint density at radius 3 is 2.53 bits per heavy atom. The maximum atomic E-state index is 12.8. The Hall–Kier alpha value is -1.94. The third-order valence-electron chi connectivity index (χ3n) is 5.37. The van der Waals surface area contributed by atoms with Gasteiger partial charge in [-0.3, -0.25) is 0 Å². The van der Waals surface area contributed by atoms with Gasteiger partial charge in [0.1, 0.15) is 18.0 Å². The number of benzene rings is 2. The second-order valence-corrected chi connectivity index (χ2v) is 9.55. The second-order valence-electron chi connectivity index (χ2n) is 8.47. The molecule has 0 radical (unpaired) electrons. The van der Waals surface area contributed by atoms with E-state index in [0.717, 1.165) is 22.2 Å². The molecule has 1 aliphatic heterocycles. The van der Waals surface area contributed by atoms with Crippen LogP contribution in [0, 0.1) is 0 Å². The number of ether oxygens (including phenoxy) is 5. The molecule has 2 aromatic carbocycles. The van der Waals surface area contributed by atoms with E-state index in [9.17, 15) is 4.79 Å². The van der Waals surface area contributed by atoms with Gasteiger partial charge in [0.05, 0.1) is 32.0 Å². The van der Waals surface area contributed by atoms with Gasteiger partial charge in [-0.1, -0.05) is 59.0 Å². The summed E-state index contributed by atoms with van der Waals surface area (Å²) in [4.78, 5) is 12.8. The highest BCUT2D eigenvalue weighted by molar-refractivity contribution is 14.1. The van der Waals surface area contributed by atoms with Gasteiger partial charge in [-0.25, -0.2) is 4.79 Å². The number of carbonyl (C=O) groups is 1. The molecule has 0 saturated carbocycles. The van der Waals surface area contributed by atoms with E-state index in [1.807, 2.05) is 68.5 Å². The summed E-state index contributed by atoms with van der Waals surface area (Å²) in [5, 5.41) is 0. The highest BCUT2D eigenvalue weighted by atomic mass is 127. The second kappa shape index (κ2) is 13.2. The number of hydrogen-bond acceptors (Lipinski definition) is 6. The van der Waals surface area contributed by atoms with E-state index >= 15 is 0 Å². The minimum atomic E-state index is -0.728. The zero-order valence-electron chi connectivity index (χ0n) is 19.9. The van der Waals surface area contributed by atoms with E-state index in [2.05, 4.69) is 22.6 Å². The van der Waals surface area contributed by atoms with E-state index in [1.54, 1.807) is 19.2 Å². The molecule has 0 aliphatic carbocycles. The van der Waals surface area contributed by atoms with E-state index in [-0.39, 0.29) is 18.2 Å². The average Bonchev–Trinajstić information content (AvgIpc) is 3.15. The molecule has 2 aromatic rings. The van der Waals surface area contributed by atoms with Gasteiger partial charge < -0.3 is 23.7 Å². The van der Waals surface area contributed by atoms with Gasteiger partial charge in [0.25, 0.3) is 0 Å². The SMILES string of the molecule is COc1ccc(COCC/C=C\C(OC(=O)c2ccccc2)C2OC(C)(C)O[C@H]2CCI)cc1. The van der Waals surface area contributed by atoms with Gasteiger partial charge >= 0.3 is 5.97 Å². The van der Waals surface area contributed by atoms with E-state index in [0.29, 0.717) is 25.2 Å². The Kier molecular flexibility index (Phi) is 10.4. The molecule has 34 heavy (non-hydrogen) atoms. The highest BCUT2D eigenvalue weighted by Gasteiger charge is 2.45. The molecule has 0 amide bonds. The third kappa shape index (κ3) is 8.08. The van der Waals surface area contributed by atoms with Crippen LogP contribution in [-0.4, -0.2) is 48.2 Å². The predicted molar refractivity (Wildman–Crippen MR) is 139 cm³/mol. The Labute approximate surface area is 215 Å². The fourth-order valence-electron chi connectivity index (χ4n) is 3.75. The molecule has 1 saturated heterocycles. The molecular formula is C27H33IO6. The molecule has 1 aliphatic rings. The minimum Gasteiger partial charge on any atom is -0.497 e. The summed E-state index contributed by atoms with van der Waals surface area (Å²) in [6.07, 6.45) is 4.27. The summed E-state index contributed by atoms with van der Waals surface area (Å²) in [5.74, 6) is -0.286. The van der Waals surface area contributed by atoms with Crippen LogP contribution in [0.5, 0.6) is 5.75 Å². The Morgan fingerprint density at radius 2 is 1.85 bits per heavy atom. The average molecular weight is 580 g/mol. The number of carbonyl (C=O) groups excluding carboxylic acids is 1. The fourth-order valence-corrected chi connectivity index (χ4v) is 4.36. The van der Waals surface area contributed by atoms with E-state index in [4.69, 9.17) is 23.7 Å². The standard InChI is InChI=1S/C27H33IO6/c1-27(2)33-24(16-17-28)25(34-27)23(32-26(29)21-9-5-4-6-10-21)11-7-8-18-31-19-20-12-14-22(30-3)15-13-20/h4-7,9-15,23-25H,8,16-19H2,1-3H3/b11-7-/t23?,24-,25?/m0/s1. The van der Waals surface area contributed by atoms with Crippen LogP contribution in [0.25, 0.3) is 0 Å². The Balaban J connectivity index is 1.60. The lowest BCUT2D eigenvalue weighted by Gasteiger charge is -2.24. The molecule has 0 bridgehead atoms. The Bertz CT molecular complexity index is 912. The van der Waals surface area contributed by atoms with Crippen molar-refractivity contribution in [2.24, 2.45) is 0 Å². The maximum absolute atomic E-state index is 12.8. The van der Waals surface area contributed by atoms with Gasteiger partial charge in [-0.2, -0.15) is 0 Å². The number of methoxy groups -OCH3 is 1. The molecule has 6 nitrogen and oxygen atoms in total. The van der Waals surface area contributed by atoms with Crippen molar-refractivity contribution in [3.05, 3.63) is 77.9 Å². The Morgan fingerprint density at radius 1 is 1.12 bits per heavy atom. The molecule has 184 valence electrons. The van der Waals surface area contributed by atoms with Gasteiger partial charge in [0, 0.05) is 4.43 Å². The lowest BCUT2D eigenvalue weighted by molar-refractivity contribution is -0.153. The molecular weight excluding hydrogens is 547 g/mol. The quantitative estimate of drug-likeness (QED) is 0.105. The summed E-state index contributed by atoms with van der Waals surface area (Å²) >= 11 is 2.32. The lowest BCUT2D eigenvalue weighted by Crippen LogP contribution is -2.38. The van der Waals surface area contributed by atoms with Crippen molar-refractivity contribution in [1.82, 2.24) is 0 Å². The van der Waals surface area contributed by atoms with Crippen LogP contribution in [-0.2, 0) is 25.6 Å². The van der Waals surface area contributed by atoms with Crippen LogP contribution in [0.1, 0.15) is 42.6 Å². The monoisotopic (exact) mass is 580 g/mol. The zero-order valence-corrected chi connectivity index (χ0v) is 22.1. The molecule has 0 aromatic heterocycles. The largest absolute Gasteiger partial charge is 0.497 e. The minimum absolute atomic E-state index is 0.156. The summed E-state index contributed by atoms with van der Waals surface area (Å²) in [6.45, 7) is 4.85. The molecule has 1 fully saturated rings. The molecule has 7 heteroatoms. The van der Waals surface area contributed by atoms with Crippen LogP contribution in [0.15, 0.2) is 66.7 Å². The van der Waals surface area contributed by atoms with Crippen molar-refractivity contribution in [3.63, 3.8) is 0 Å². The van der Waals surface area contributed by atoms with Crippen LogP contribution in [0.2, 0.25) is 0 Å². The summed E-state index contributed by atoms with van der Waals surface area (Å²) < 4.78 is 30.1. The fraction of sp³-hybridized carbons (Fsp3) is 0.444. The number of halogens is 1. The van der Waals surface area contributed by atoms with Crippen LogP contribution in [0.4, 0.5) is 0 Å². The van der Waals surface area contributed by atoms with Gasteiger partial charge in [-0.15, -0.1) is 0 Å². The normalized spacial score (nSPS) is 20.4. The molecule has 1 heterocycles. The zero-order chi connectivity index (χ0) is 24.4. The number of hydrogen-bond donors (Lipinski definition) is 0. The molecule has 2 unspecified atom stereocenters. The summed E-state index contributed by atoms with van der Waals surface area (Å²) in [5.41, 5.74) is 1.59. The predicted octanol–water partition coefficient (Wildman–Crippen LogP) is 5.73. The lowest BCUT2D eigenvalue weighted by atomic mass is 10.0. The van der Waals surface area contributed by atoms with Crippen LogP contribution in [0.3, 0.4) is 0 Å². The molecule has 3 rings (SSSR count). The van der Waals surface area contributed by atoms with E-state index < -0.39 is 11.9 Å². The van der Waals surface area contributed by atoms with Crippen molar-refractivity contribution in [2.75, 3.05) is 18.1 Å². The van der Waals surface area contributed by atoms with E-state index in [1.165, 1.54) is 0 Å². The van der Waals surface area contributed by atoms with Crippen molar-refractivity contribution < 1.29 is 28.5 Å². The number of esters is 1. The summed E-state index contributed by atoms with van der Waals surface area (Å²) in [6, 6.07) is 16.8. The van der Waals surface area contributed by atoms with Crippen molar-refractivity contribution >= 4 is 28.6 Å². The number of rotatable bonds is 12. The van der Waals surface area contributed by atoms with Crippen molar-refractivity contribution in [3.8, 4) is 5.75 Å². The first-order chi connectivity index (χ1) is 16.4. The van der Waals surface area contributed by atoms with Crippen molar-refractivity contribution in [1.29, 1.82) is 0 Å². The van der Waals surface area contributed by atoms with Gasteiger partial charge in [0.15, 0.2) is 5.79 Å². The first-order valence-corrected chi connectivity index (χ1v) is 13.0. The highest BCUT2D eigenvalue weighted by Crippen LogP contribution is 2.33. The first-order valence-electron chi connectivity index (χ1n) is 11.5. The first kappa shape index (κ1) is 26.7. The van der Waals surface area contributed by atoms with Crippen LogP contribution < -0.4 is 4.74 Å². The molecule has 0 spiro atoms. The van der Waals surface area contributed by atoms with Gasteiger partial charge in [-0.05, 0) is 62.6 Å². The topological polar surface area (TPSA) is 63.2 Å². The molecule has 0 N–H and O–H groups in total.